The van der Waals surface area contributed by atoms with E-state index in [-0.39, 0.29) is 0 Å². The molecule has 1 fully saturated rings. The standard InChI is InChI=1S/C4H10Cl4N5P3/c1-12-3-4-13(2)16(12)10-14(5,6)9-15(7,8)11-16/h3-4H2,1-2H3. The minimum Gasteiger partial charge on any atom is -0.241 e. The van der Waals surface area contributed by atoms with E-state index >= 15 is 0 Å². The molecule has 0 amide bonds. The van der Waals surface area contributed by atoms with Crippen molar-refractivity contribution in [1.82, 2.24) is 9.34 Å². The maximum atomic E-state index is 6.07. The van der Waals surface area contributed by atoms with E-state index < -0.39 is 19.3 Å². The van der Waals surface area contributed by atoms with Crippen LogP contribution in [0.3, 0.4) is 0 Å². The highest BCUT2D eigenvalue weighted by atomic mass is 35.9. The van der Waals surface area contributed by atoms with Crippen LogP contribution in [0, 0.1) is 0 Å². The molecule has 2 rings (SSSR count). The molecule has 12 heteroatoms. The molecule has 2 aliphatic heterocycles. The third-order valence-corrected chi connectivity index (χ3v) is 14.8. The second-order valence-electron chi connectivity index (χ2n) is 3.48. The Kier molecular flexibility index (Phi) is 3.91. The molecule has 0 N–H and O–H groups in total. The number of likely N-dealkylation sites (N-methyl/N-ethyl adjacent to an activating group) is 2. The van der Waals surface area contributed by atoms with Crippen LogP contribution in [-0.4, -0.2) is 36.5 Å². The van der Waals surface area contributed by atoms with Crippen molar-refractivity contribution >= 4 is 64.3 Å². The Labute approximate surface area is 114 Å². The predicted octanol–water partition coefficient (Wildman–Crippen LogP) is 5.67. The predicted molar refractivity (Wildman–Crippen MR) is 76.7 cm³/mol. The highest BCUT2D eigenvalue weighted by Gasteiger charge is 2.42. The Hall–Kier alpha value is 1.77. The van der Waals surface area contributed by atoms with E-state index in [4.69, 9.17) is 45.0 Å². The van der Waals surface area contributed by atoms with Crippen molar-refractivity contribution in [2.24, 2.45) is 13.5 Å². The second kappa shape index (κ2) is 4.40. The molecule has 1 spiro atoms. The molecule has 1 saturated heterocycles. The molecule has 0 unspecified atom stereocenters. The Morgan fingerprint density at radius 1 is 0.812 bits per heavy atom. The zero-order chi connectivity index (χ0) is 12.2. The van der Waals surface area contributed by atoms with E-state index in [1.165, 1.54) is 0 Å². The third-order valence-electron chi connectivity index (χ3n) is 2.33. The summed E-state index contributed by atoms with van der Waals surface area (Å²) in [6.07, 6.45) is 0. The molecule has 0 bridgehead atoms. The molecule has 0 aromatic rings. The molecule has 2 aliphatic rings. The van der Waals surface area contributed by atoms with Crippen LogP contribution in [0.5, 0.6) is 0 Å². The van der Waals surface area contributed by atoms with Crippen molar-refractivity contribution in [1.29, 1.82) is 0 Å². The van der Waals surface area contributed by atoms with Gasteiger partial charge in [0.25, 0.3) is 11.8 Å². The molecule has 94 valence electrons. The van der Waals surface area contributed by atoms with Gasteiger partial charge in [0.1, 0.15) is 0 Å². The summed E-state index contributed by atoms with van der Waals surface area (Å²) >= 11 is 24.3. The van der Waals surface area contributed by atoms with Crippen LogP contribution in [-0.2, 0) is 0 Å². The van der Waals surface area contributed by atoms with Crippen LogP contribution in [0.25, 0.3) is 0 Å². The summed E-state index contributed by atoms with van der Waals surface area (Å²) in [5.74, 6) is -5.59. The highest BCUT2D eigenvalue weighted by molar-refractivity contribution is 8.20. The maximum Gasteiger partial charge on any atom is 0.257 e. The number of nitrogens with zero attached hydrogens (tertiary/aromatic N) is 5. The van der Waals surface area contributed by atoms with Gasteiger partial charge in [-0.05, 0) is 59.1 Å². The number of hydrogen-bond donors (Lipinski definition) is 0. The van der Waals surface area contributed by atoms with E-state index in [0.717, 1.165) is 13.1 Å². The first kappa shape index (κ1) is 14.2. The summed E-state index contributed by atoms with van der Waals surface area (Å²) in [7, 11) is 1.58. The lowest BCUT2D eigenvalue weighted by Crippen LogP contribution is -2.11. The lowest BCUT2D eigenvalue weighted by Gasteiger charge is -2.31. The number of hydrogen-bond acceptors (Lipinski definition) is 5. The zero-order valence-corrected chi connectivity index (χ0v) is 14.2. The largest absolute Gasteiger partial charge is 0.257 e. The van der Waals surface area contributed by atoms with Crippen LogP contribution in [0.15, 0.2) is 13.5 Å². The fourth-order valence-corrected chi connectivity index (χ4v) is 17.8. The molecule has 0 aromatic heterocycles. The molecule has 5 nitrogen and oxygen atoms in total. The van der Waals surface area contributed by atoms with Gasteiger partial charge >= 0.3 is 0 Å². The van der Waals surface area contributed by atoms with Gasteiger partial charge in [0, 0.05) is 13.1 Å². The minimum absolute atomic E-state index is 0.846. The Bertz CT molecular complexity index is 455. The molecular weight excluding hydrogens is 353 g/mol. The first-order chi connectivity index (χ1) is 7.17. The van der Waals surface area contributed by atoms with Crippen LogP contribution in [0.4, 0.5) is 0 Å². The lowest BCUT2D eigenvalue weighted by atomic mass is 10.6. The van der Waals surface area contributed by atoms with E-state index in [9.17, 15) is 0 Å². The maximum absolute atomic E-state index is 6.07. The van der Waals surface area contributed by atoms with E-state index in [2.05, 4.69) is 13.5 Å². The summed E-state index contributed by atoms with van der Waals surface area (Å²) in [5, 5.41) is 0. The highest BCUT2D eigenvalue weighted by Crippen LogP contribution is 2.86. The van der Waals surface area contributed by atoms with Gasteiger partial charge in [-0.15, -0.1) is 0 Å². The average molecular weight is 363 g/mol. The number of rotatable bonds is 0. The van der Waals surface area contributed by atoms with Gasteiger partial charge < -0.3 is 0 Å². The SMILES string of the molecule is CN1CCN(C)P12=NP(Cl)(Cl)=NP(Cl)(Cl)=N2. The average Bonchev–Trinajstić information content (AvgIpc) is 2.28. The van der Waals surface area contributed by atoms with E-state index in [1.54, 1.807) is 0 Å². The number of halogens is 4. The molecule has 0 radical (unpaired) electrons. The fourth-order valence-electron chi connectivity index (χ4n) is 1.56. The summed E-state index contributed by atoms with van der Waals surface area (Å²) in [6, 6.07) is 0. The monoisotopic (exact) mass is 361 g/mol. The van der Waals surface area contributed by atoms with Crippen LogP contribution in [0.1, 0.15) is 0 Å². The molecular formula is C4H10Cl4N5P3. The molecule has 0 atom stereocenters. The van der Waals surface area contributed by atoms with Crippen molar-refractivity contribution in [2.45, 2.75) is 0 Å². The first-order valence-electron chi connectivity index (χ1n) is 4.30. The normalized spacial score (nSPS) is 31.9. The minimum atomic E-state index is -2.80. The molecule has 0 aromatic carbocycles. The molecule has 0 aliphatic carbocycles. The Balaban J connectivity index is 2.72. The lowest BCUT2D eigenvalue weighted by molar-refractivity contribution is 0.553. The second-order valence-corrected chi connectivity index (χ2v) is 16.6. The zero-order valence-electron chi connectivity index (χ0n) is 8.50. The van der Waals surface area contributed by atoms with Gasteiger partial charge in [0.05, 0.1) is 0 Å². The summed E-state index contributed by atoms with van der Waals surface area (Å²) in [4.78, 5) is 0. The molecule has 0 saturated carbocycles. The van der Waals surface area contributed by atoms with Gasteiger partial charge in [-0.1, -0.05) is 0 Å². The smallest absolute Gasteiger partial charge is 0.241 e. The van der Waals surface area contributed by atoms with Gasteiger partial charge in [-0.3, -0.25) is 0 Å². The molecule has 2 heterocycles. The summed E-state index contributed by atoms with van der Waals surface area (Å²) in [5.41, 5.74) is 0. The topological polar surface area (TPSA) is 43.6 Å². The third kappa shape index (κ3) is 2.54. The van der Waals surface area contributed by atoms with Gasteiger partial charge in [0.15, 0.2) is 0 Å². The van der Waals surface area contributed by atoms with Crippen molar-refractivity contribution in [2.75, 3.05) is 27.2 Å². The van der Waals surface area contributed by atoms with E-state index in [0.29, 0.717) is 0 Å². The fraction of sp³-hybridized carbons (Fsp3) is 1.00. The van der Waals surface area contributed by atoms with Gasteiger partial charge in [0.2, 0.25) is 7.51 Å². The van der Waals surface area contributed by atoms with Crippen molar-refractivity contribution < 1.29 is 0 Å². The van der Waals surface area contributed by atoms with Crippen LogP contribution >= 0.6 is 64.3 Å². The molecule has 16 heavy (non-hydrogen) atoms. The van der Waals surface area contributed by atoms with Crippen molar-refractivity contribution in [3.8, 4) is 0 Å². The van der Waals surface area contributed by atoms with Crippen molar-refractivity contribution in [3.05, 3.63) is 0 Å². The van der Waals surface area contributed by atoms with Gasteiger partial charge in [-0.25, -0.2) is 9.34 Å². The van der Waals surface area contributed by atoms with Crippen LogP contribution in [0.2, 0.25) is 0 Å². The summed E-state index contributed by atoms with van der Waals surface area (Å²) in [6.45, 7) is 1.69. The summed E-state index contributed by atoms with van der Waals surface area (Å²) < 4.78 is 16.9. The Morgan fingerprint density at radius 2 is 1.25 bits per heavy atom. The van der Waals surface area contributed by atoms with Crippen LogP contribution < -0.4 is 0 Å². The quantitative estimate of drug-likeness (QED) is 0.521. The first-order valence-corrected chi connectivity index (χ1v) is 12.9. The van der Waals surface area contributed by atoms with Crippen molar-refractivity contribution in [3.63, 3.8) is 0 Å². The van der Waals surface area contributed by atoms with Gasteiger partial charge in [-0.2, -0.15) is 13.5 Å². The Morgan fingerprint density at radius 3 is 1.69 bits per heavy atom. The van der Waals surface area contributed by atoms with E-state index in [1.807, 2.05) is 23.4 Å².